The second kappa shape index (κ2) is 5.28. The summed E-state index contributed by atoms with van der Waals surface area (Å²) in [7, 11) is 1.88. The van der Waals surface area contributed by atoms with Crippen LogP contribution in [-0.4, -0.2) is 15.6 Å². The van der Waals surface area contributed by atoms with E-state index in [1.54, 1.807) is 10.9 Å². The number of aromatic nitrogens is 2. The van der Waals surface area contributed by atoms with Crippen LogP contribution in [0.4, 0.5) is 0 Å². The predicted octanol–water partition coefficient (Wildman–Crippen LogP) is 2.50. The Bertz CT molecular complexity index is 351. The van der Waals surface area contributed by atoms with Crippen LogP contribution >= 0.6 is 0 Å². The van der Waals surface area contributed by atoms with Crippen LogP contribution in [0.3, 0.4) is 0 Å². The van der Waals surface area contributed by atoms with Gasteiger partial charge in [-0.2, -0.15) is 5.10 Å². The van der Waals surface area contributed by atoms with Crippen molar-refractivity contribution in [3.05, 3.63) is 18.0 Å². The standard InChI is InChI=1S/C13H20N2O/c1-15-10-12(9-14-15)8-13(16)7-11-5-3-2-4-6-11/h9-11H,2-8H2,1H3. The van der Waals surface area contributed by atoms with Gasteiger partial charge in [0.1, 0.15) is 5.78 Å². The molecule has 16 heavy (non-hydrogen) atoms. The highest BCUT2D eigenvalue weighted by Gasteiger charge is 2.17. The minimum atomic E-state index is 0.375. The predicted molar refractivity (Wildman–Crippen MR) is 63.1 cm³/mol. The van der Waals surface area contributed by atoms with Crippen LogP contribution in [0.5, 0.6) is 0 Å². The molecule has 0 aromatic carbocycles. The highest BCUT2D eigenvalue weighted by atomic mass is 16.1. The van der Waals surface area contributed by atoms with E-state index in [1.807, 2.05) is 13.2 Å². The van der Waals surface area contributed by atoms with Gasteiger partial charge in [-0.3, -0.25) is 9.48 Å². The maximum Gasteiger partial charge on any atom is 0.137 e. The third kappa shape index (κ3) is 3.19. The second-order valence-electron chi connectivity index (χ2n) is 4.95. The average Bonchev–Trinajstić information content (AvgIpc) is 2.65. The number of hydrogen-bond acceptors (Lipinski definition) is 2. The van der Waals surface area contributed by atoms with E-state index in [0.717, 1.165) is 12.0 Å². The van der Waals surface area contributed by atoms with Crippen LogP contribution in [0.25, 0.3) is 0 Å². The molecule has 0 aliphatic heterocycles. The van der Waals surface area contributed by atoms with Gasteiger partial charge in [-0.05, 0) is 11.5 Å². The van der Waals surface area contributed by atoms with E-state index in [-0.39, 0.29) is 0 Å². The number of nitrogens with zero attached hydrogens (tertiary/aromatic N) is 2. The number of Topliss-reactive ketones (excluding diaryl/α,β-unsaturated/α-hetero) is 1. The number of carbonyl (C=O) groups excluding carboxylic acids is 1. The van der Waals surface area contributed by atoms with Gasteiger partial charge < -0.3 is 0 Å². The average molecular weight is 220 g/mol. The third-order valence-electron chi connectivity index (χ3n) is 3.40. The van der Waals surface area contributed by atoms with Crippen molar-refractivity contribution in [2.24, 2.45) is 13.0 Å². The fourth-order valence-electron chi connectivity index (χ4n) is 2.58. The van der Waals surface area contributed by atoms with Crippen molar-refractivity contribution < 1.29 is 4.79 Å². The third-order valence-corrected chi connectivity index (χ3v) is 3.40. The number of rotatable bonds is 4. The maximum atomic E-state index is 11.9. The minimum absolute atomic E-state index is 0.375. The molecule has 1 fully saturated rings. The van der Waals surface area contributed by atoms with Crippen LogP contribution in [0.15, 0.2) is 12.4 Å². The molecular formula is C13H20N2O. The van der Waals surface area contributed by atoms with Crippen molar-refractivity contribution in [2.45, 2.75) is 44.9 Å². The van der Waals surface area contributed by atoms with Crippen molar-refractivity contribution >= 4 is 5.78 Å². The summed E-state index contributed by atoms with van der Waals surface area (Å²) >= 11 is 0. The molecule has 3 nitrogen and oxygen atoms in total. The number of ketones is 1. The molecule has 1 aromatic heterocycles. The Morgan fingerprint density at radius 1 is 1.44 bits per heavy atom. The van der Waals surface area contributed by atoms with Crippen LogP contribution in [-0.2, 0) is 18.3 Å². The molecule has 0 radical (unpaired) electrons. The van der Waals surface area contributed by atoms with Crippen LogP contribution in [0.2, 0.25) is 0 Å². The second-order valence-corrected chi connectivity index (χ2v) is 4.95. The largest absolute Gasteiger partial charge is 0.299 e. The first-order chi connectivity index (χ1) is 7.74. The molecule has 0 N–H and O–H groups in total. The van der Waals surface area contributed by atoms with Gasteiger partial charge >= 0.3 is 0 Å². The zero-order chi connectivity index (χ0) is 11.4. The van der Waals surface area contributed by atoms with Gasteiger partial charge in [0.15, 0.2) is 0 Å². The minimum Gasteiger partial charge on any atom is -0.299 e. The number of carbonyl (C=O) groups is 1. The Hall–Kier alpha value is -1.12. The summed E-state index contributed by atoms with van der Waals surface area (Å²) in [4.78, 5) is 11.9. The van der Waals surface area contributed by atoms with E-state index in [4.69, 9.17) is 0 Å². The molecule has 0 spiro atoms. The fourth-order valence-corrected chi connectivity index (χ4v) is 2.58. The molecule has 0 amide bonds. The van der Waals surface area contributed by atoms with E-state index in [2.05, 4.69) is 5.10 Å². The molecule has 3 heteroatoms. The van der Waals surface area contributed by atoms with Gasteiger partial charge in [-0.25, -0.2) is 0 Å². The molecule has 0 bridgehead atoms. The first-order valence-corrected chi connectivity index (χ1v) is 6.23. The summed E-state index contributed by atoms with van der Waals surface area (Å²) in [5, 5.41) is 4.08. The van der Waals surface area contributed by atoms with E-state index in [9.17, 15) is 4.79 Å². The van der Waals surface area contributed by atoms with Gasteiger partial charge in [0.25, 0.3) is 0 Å². The quantitative estimate of drug-likeness (QED) is 0.781. The lowest BCUT2D eigenvalue weighted by Gasteiger charge is -2.20. The Kier molecular flexibility index (Phi) is 3.75. The highest BCUT2D eigenvalue weighted by Crippen LogP contribution is 2.26. The van der Waals surface area contributed by atoms with E-state index >= 15 is 0 Å². The molecule has 1 saturated carbocycles. The van der Waals surface area contributed by atoms with Gasteiger partial charge in [-0.15, -0.1) is 0 Å². The van der Waals surface area contributed by atoms with Crippen molar-refractivity contribution in [1.82, 2.24) is 9.78 Å². The molecular weight excluding hydrogens is 200 g/mol. The topological polar surface area (TPSA) is 34.9 Å². The Morgan fingerprint density at radius 3 is 2.81 bits per heavy atom. The fraction of sp³-hybridized carbons (Fsp3) is 0.692. The maximum absolute atomic E-state index is 11.9. The lowest BCUT2D eigenvalue weighted by Crippen LogP contribution is -2.13. The first kappa shape index (κ1) is 11.4. The summed E-state index contributed by atoms with van der Waals surface area (Å²) in [5.74, 6) is 1.03. The highest BCUT2D eigenvalue weighted by molar-refractivity contribution is 5.80. The Balaban J connectivity index is 1.79. The lowest BCUT2D eigenvalue weighted by atomic mass is 9.85. The molecule has 2 rings (SSSR count). The summed E-state index contributed by atoms with van der Waals surface area (Å²) < 4.78 is 1.75. The molecule has 1 aromatic rings. The Morgan fingerprint density at radius 2 is 2.19 bits per heavy atom. The SMILES string of the molecule is Cn1cc(CC(=O)CC2CCCCC2)cn1. The number of aryl methyl sites for hydroxylation is 1. The van der Waals surface area contributed by atoms with Crippen LogP contribution in [0.1, 0.15) is 44.1 Å². The van der Waals surface area contributed by atoms with Crippen LogP contribution in [0, 0.1) is 5.92 Å². The van der Waals surface area contributed by atoms with Gasteiger partial charge in [-0.1, -0.05) is 32.1 Å². The monoisotopic (exact) mass is 220 g/mol. The van der Waals surface area contributed by atoms with E-state index < -0.39 is 0 Å². The van der Waals surface area contributed by atoms with E-state index in [0.29, 0.717) is 18.1 Å². The van der Waals surface area contributed by atoms with Crippen molar-refractivity contribution in [3.63, 3.8) is 0 Å². The molecule has 1 aliphatic carbocycles. The van der Waals surface area contributed by atoms with Crippen LogP contribution < -0.4 is 0 Å². The molecule has 1 aliphatic rings. The smallest absolute Gasteiger partial charge is 0.137 e. The molecule has 0 atom stereocenters. The van der Waals surface area contributed by atoms with Crippen molar-refractivity contribution in [3.8, 4) is 0 Å². The van der Waals surface area contributed by atoms with E-state index in [1.165, 1.54) is 32.1 Å². The summed E-state index contributed by atoms with van der Waals surface area (Å²) in [5.41, 5.74) is 1.04. The van der Waals surface area contributed by atoms with Gasteiger partial charge in [0, 0.05) is 26.1 Å². The Labute approximate surface area is 96.8 Å². The normalized spacial score (nSPS) is 17.6. The first-order valence-electron chi connectivity index (χ1n) is 6.23. The van der Waals surface area contributed by atoms with Crippen molar-refractivity contribution in [2.75, 3.05) is 0 Å². The molecule has 1 heterocycles. The zero-order valence-electron chi connectivity index (χ0n) is 9.98. The number of hydrogen-bond donors (Lipinski definition) is 0. The summed E-state index contributed by atoms with van der Waals surface area (Å²) in [6.07, 6.45) is 11.5. The van der Waals surface area contributed by atoms with Gasteiger partial charge in [0.05, 0.1) is 6.20 Å². The zero-order valence-corrected chi connectivity index (χ0v) is 9.98. The molecule has 88 valence electrons. The molecule has 0 unspecified atom stereocenters. The summed E-state index contributed by atoms with van der Waals surface area (Å²) in [6.45, 7) is 0. The molecule has 0 saturated heterocycles. The van der Waals surface area contributed by atoms with Gasteiger partial charge in [0.2, 0.25) is 0 Å². The van der Waals surface area contributed by atoms with Crippen molar-refractivity contribution in [1.29, 1.82) is 0 Å². The summed E-state index contributed by atoms with van der Waals surface area (Å²) in [6, 6.07) is 0. The lowest BCUT2D eigenvalue weighted by molar-refractivity contribution is -0.119.